The summed E-state index contributed by atoms with van der Waals surface area (Å²) >= 11 is 5.76. The van der Waals surface area contributed by atoms with Crippen molar-refractivity contribution >= 4 is 27.5 Å². The van der Waals surface area contributed by atoms with Crippen LogP contribution in [0.4, 0.5) is 5.69 Å². The Morgan fingerprint density at radius 3 is 2.67 bits per heavy atom. The van der Waals surface area contributed by atoms with Crippen LogP contribution >= 0.6 is 11.6 Å². The first-order valence-electron chi connectivity index (χ1n) is 5.46. The predicted molar refractivity (Wildman–Crippen MR) is 70.1 cm³/mol. The van der Waals surface area contributed by atoms with Crippen LogP contribution in [0.1, 0.15) is 0 Å². The third-order valence-corrected chi connectivity index (χ3v) is 4.37. The molecule has 8 heteroatoms. The molecule has 1 aromatic rings. The largest absolute Gasteiger partial charge is 0.506 e. The van der Waals surface area contributed by atoms with Gasteiger partial charge in [0.15, 0.2) is 0 Å². The standard InChI is InChI=1S/C10H14ClN3O3S/c11-8-1-2-10(15)9(7-8)13-18(16,17)14-5-3-12-4-6-14/h1-2,7,12-13,15H,3-6H2. The van der Waals surface area contributed by atoms with E-state index in [1.807, 2.05) is 0 Å². The molecule has 0 saturated carbocycles. The number of phenolic OH excluding ortho intramolecular Hbond substituents is 1. The summed E-state index contributed by atoms with van der Waals surface area (Å²) in [6.07, 6.45) is 0. The molecule has 0 unspecified atom stereocenters. The minimum Gasteiger partial charge on any atom is -0.506 e. The number of hydrogen-bond donors (Lipinski definition) is 3. The molecule has 0 spiro atoms. The highest BCUT2D eigenvalue weighted by molar-refractivity contribution is 7.90. The summed E-state index contributed by atoms with van der Waals surface area (Å²) in [5, 5.41) is 13.0. The maximum absolute atomic E-state index is 12.1. The van der Waals surface area contributed by atoms with Crippen molar-refractivity contribution in [1.29, 1.82) is 0 Å². The molecular weight excluding hydrogens is 278 g/mol. The Morgan fingerprint density at radius 1 is 1.33 bits per heavy atom. The summed E-state index contributed by atoms with van der Waals surface area (Å²) in [7, 11) is -3.65. The van der Waals surface area contributed by atoms with Gasteiger partial charge in [-0.15, -0.1) is 0 Å². The molecule has 0 atom stereocenters. The van der Waals surface area contributed by atoms with Gasteiger partial charge in [0.2, 0.25) is 0 Å². The molecule has 3 N–H and O–H groups in total. The van der Waals surface area contributed by atoms with Crippen LogP contribution < -0.4 is 10.0 Å². The molecular formula is C10H14ClN3O3S. The molecule has 0 amide bonds. The van der Waals surface area contributed by atoms with Crippen LogP contribution in [0.25, 0.3) is 0 Å². The van der Waals surface area contributed by atoms with Gasteiger partial charge in [0, 0.05) is 31.2 Å². The number of rotatable bonds is 3. The Balaban J connectivity index is 2.18. The van der Waals surface area contributed by atoms with Crippen LogP contribution in [0.5, 0.6) is 5.75 Å². The molecule has 6 nitrogen and oxygen atoms in total. The van der Waals surface area contributed by atoms with Gasteiger partial charge in [0.05, 0.1) is 5.69 Å². The quantitative estimate of drug-likeness (QED) is 0.713. The third-order valence-electron chi connectivity index (χ3n) is 2.61. The molecule has 1 aliphatic rings. The van der Waals surface area contributed by atoms with Crippen molar-refractivity contribution in [2.24, 2.45) is 0 Å². The number of aromatic hydroxyl groups is 1. The Labute approximate surface area is 111 Å². The van der Waals surface area contributed by atoms with E-state index in [9.17, 15) is 13.5 Å². The number of halogens is 1. The van der Waals surface area contributed by atoms with Gasteiger partial charge in [-0.25, -0.2) is 0 Å². The van der Waals surface area contributed by atoms with Crippen LogP contribution in [0.15, 0.2) is 18.2 Å². The van der Waals surface area contributed by atoms with Crippen molar-refractivity contribution in [1.82, 2.24) is 9.62 Å². The van der Waals surface area contributed by atoms with Crippen molar-refractivity contribution in [3.05, 3.63) is 23.2 Å². The average molecular weight is 292 g/mol. The first-order chi connectivity index (χ1) is 8.49. The summed E-state index contributed by atoms with van der Waals surface area (Å²) in [5.74, 6) is -0.155. The minimum absolute atomic E-state index is 0.0843. The van der Waals surface area contributed by atoms with E-state index in [1.165, 1.54) is 22.5 Å². The van der Waals surface area contributed by atoms with E-state index in [4.69, 9.17) is 11.6 Å². The lowest BCUT2D eigenvalue weighted by Crippen LogP contribution is -2.48. The van der Waals surface area contributed by atoms with Crippen molar-refractivity contribution in [2.75, 3.05) is 30.9 Å². The van der Waals surface area contributed by atoms with E-state index in [1.54, 1.807) is 0 Å². The van der Waals surface area contributed by atoms with Crippen molar-refractivity contribution in [2.45, 2.75) is 0 Å². The molecule has 0 aromatic heterocycles. The number of benzene rings is 1. The Kier molecular flexibility index (Phi) is 3.96. The highest BCUT2D eigenvalue weighted by Gasteiger charge is 2.24. The van der Waals surface area contributed by atoms with Gasteiger partial charge in [-0.3, -0.25) is 4.72 Å². The van der Waals surface area contributed by atoms with Crippen LogP contribution in [-0.4, -0.2) is 44.0 Å². The lowest BCUT2D eigenvalue weighted by molar-refractivity contribution is 0.362. The third kappa shape index (κ3) is 3.05. The van der Waals surface area contributed by atoms with E-state index in [0.717, 1.165) is 0 Å². The summed E-state index contributed by atoms with van der Waals surface area (Å²) < 4.78 is 27.8. The zero-order chi connectivity index (χ0) is 13.2. The molecule has 0 aliphatic carbocycles. The number of hydrogen-bond acceptors (Lipinski definition) is 4. The molecule has 18 heavy (non-hydrogen) atoms. The highest BCUT2D eigenvalue weighted by Crippen LogP contribution is 2.27. The maximum atomic E-state index is 12.1. The molecule has 1 saturated heterocycles. The van der Waals surface area contributed by atoms with E-state index in [-0.39, 0.29) is 11.4 Å². The van der Waals surface area contributed by atoms with E-state index in [2.05, 4.69) is 10.0 Å². The summed E-state index contributed by atoms with van der Waals surface area (Å²) in [5.41, 5.74) is 0.0843. The van der Waals surface area contributed by atoms with Gasteiger partial charge in [0.25, 0.3) is 0 Å². The van der Waals surface area contributed by atoms with E-state index >= 15 is 0 Å². The predicted octanol–water partition coefficient (Wildman–Crippen LogP) is 0.607. The molecule has 0 bridgehead atoms. The lowest BCUT2D eigenvalue weighted by atomic mass is 10.3. The van der Waals surface area contributed by atoms with Gasteiger partial charge in [0.1, 0.15) is 5.75 Å². The first kappa shape index (κ1) is 13.4. The van der Waals surface area contributed by atoms with Gasteiger partial charge < -0.3 is 10.4 Å². The smallest absolute Gasteiger partial charge is 0.301 e. The Bertz CT molecular complexity index is 529. The molecule has 1 fully saturated rings. The van der Waals surface area contributed by atoms with Crippen LogP contribution in [-0.2, 0) is 10.2 Å². The summed E-state index contributed by atoms with van der Waals surface area (Å²) in [4.78, 5) is 0. The SMILES string of the molecule is O=S(=O)(Nc1cc(Cl)ccc1O)N1CCNCC1. The van der Waals surface area contributed by atoms with Crippen LogP contribution in [0, 0.1) is 0 Å². The number of nitrogens with one attached hydrogen (secondary N) is 2. The Morgan fingerprint density at radius 2 is 2.00 bits per heavy atom. The lowest BCUT2D eigenvalue weighted by Gasteiger charge is -2.27. The topological polar surface area (TPSA) is 81.7 Å². The molecule has 1 aliphatic heterocycles. The first-order valence-corrected chi connectivity index (χ1v) is 7.28. The fourth-order valence-electron chi connectivity index (χ4n) is 1.68. The zero-order valence-electron chi connectivity index (χ0n) is 9.56. The molecule has 0 radical (unpaired) electrons. The summed E-state index contributed by atoms with van der Waals surface area (Å²) in [6, 6.07) is 4.20. The number of anilines is 1. The van der Waals surface area contributed by atoms with Crippen LogP contribution in [0.3, 0.4) is 0 Å². The number of phenols is 1. The van der Waals surface area contributed by atoms with Gasteiger partial charge in [-0.05, 0) is 18.2 Å². The fraction of sp³-hybridized carbons (Fsp3) is 0.400. The van der Waals surface area contributed by atoms with Gasteiger partial charge in [-0.2, -0.15) is 12.7 Å². The number of nitrogens with zero attached hydrogens (tertiary/aromatic N) is 1. The van der Waals surface area contributed by atoms with Gasteiger partial charge >= 0.3 is 10.2 Å². The van der Waals surface area contributed by atoms with Crippen molar-refractivity contribution in [3.8, 4) is 5.75 Å². The monoisotopic (exact) mass is 291 g/mol. The number of piperazine rings is 1. The minimum atomic E-state index is -3.65. The highest BCUT2D eigenvalue weighted by atomic mass is 35.5. The average Bonchev–Trinajstić information content (AvgIpc) is 2.35. The second kappa shape index (κ2) is 5.31. The van der Waals surface area contributed by atoms with Crippen molar-refractivity contribution < 1.29 is 13.5 Å². The second-order valence-electron chi connectivity index (χ2n) is 3.92. The maximum Gasteiger partial charge on any atom is 0.301 e. The molecule has 2 rings (SSSR count). The van der Waals surface area contributed by atoms with E-state index in [0.29, 0.717) is 31.2 Å². The normalized spacial score (nSPS) is 17.6. The van der Waals surface area contributed by atoms with E-state index < -0.39 is 10.2 Å². The molecule has 1 aromatic carbocycles. The second-order valence-corrected chi connectivity index (χ2v) is 6.02. The molecule has 100 valence electrons. The van der Waals surface area contributed by atoms with Crippen molar-refractivity contribution in [3.63, 3.8) is 0 Å². The fourth-order valence-corrected chi connectivity index (χ4v) is 3.08. The zero-order valence-corrected chi connectivity index (χ0v) is 11.1. The Hall–Kier alpha value is -1.02. The summed E-state index contributed by atoms with van der Waals surface area (Å²) in [6.45, 7) is 2.03. The molecule has 1 heterocycles. The van der Waals surface area contributed by atoms with Gasteiger partial charge in [-0.1, -0.05) is 11.6 Å². The van der Waals surface area contributed by atoms with Crippen LogP contribution in [0.2, 0.25) is 5.02 Å².